The van der Waals surface area contributed by atoms with Crippen molar-refractivity contribution in [2.75, 3.05) is 20.2 Å². The summed E-state index contributed by atoms with van der Waals surface area (Å²) in [7, 11) is -2.55. The van der Waals surface area contributed by atoms with Crippen molar-refractivity contribution < 1.29 is 23.1 Å². The molecule has 0 atom stereocenters. The highest BCUT2D eigenvalue weighted by molar-refractivity contribution is 7.89. The lowest BCUT2D eigenvalue weighted by atomic mass is 10.2. The van der Waals surface area contributed by atoms with Gasteiger partial charge in [0.05, 0.1) is 19.2 Å². The summed E-state index contributed by atoms with van der Waals surface area (Å²) >= 11 is 0. The standard InChI is InChI=1S/C13H15NO5S/c1-4-8-14(5-2)20(17,18)12-7-6-10(13(15)16)9-11(12)19-3/h1,6-7,9H,5,8H2,2-3H3,(H,15,16). The Labute approximate surface area is 118 Å². The predicted octanol–water partition coefficient (Wildman–Crippen LogP) is 1.04. The summed E-state index contributed by atoms with van der Waals surface area (Å²) in [5.41, 5.74) is -0.0548. The van der Waals surface area contributed by atoms with Gasteiger partial charge in [0, 0.05) is 6.54 Å². The lowest BCUT2D eigenvalue weighted by Gasteiger charge is -2.19. The molecule has 0 aliphatic carbocycles. The maximum absolute atomic E-state index is 12.4. The van der Waals surface area contributed by atoms with E-state index in [1.54, 1.807) is 6.92 Å². The van der Waals surface area contributed by atoms with Crippen LogP contribution in [0.4, 0.5) is 0 Å². The Morgan fingerprint density at radius 2 is 2.15 bits per heavy atom. The van der Waals surface area contributed by atoms with Gasteiger partial charge in [0.2, 0.25) is 10.0 Å². The quantitative estimate of drug-likeness (QED) is 0.793. The van der Waals surface area contributed by atoms with Crippen molar-refractivity contribution in [2.24, 2.45) is 0 Å². The van der Waals surface area contributed by atoms with Crippen LogP contribution in [0.3, 0.4) is 0 Å². The molecule has 0 radical (unpaired) electrons. The van der Waals surface area contributed by atoms with Crippen LogP contribution < -0.4 is 4.74 Å². The third-order valence-corrected chi connectivity index (χ3v) is 4.61. The fraction of sp³-hybridized carbons (Fsp3) is 0.308. The predicted molar refractivity (Wildman–Crippen MR) is 73.2 cm³/mol. The van der Waals surface area contributed by atoms with Gasteiger partial charge in [-0.3, -0.25) is 0 Å². The van der Waals surface area contributed by atoms with E-state index >= 15 is 0 Å². The second kappa shape index (κ2) is 6.41. The summed E-state index contributed by atoms with van der Waals surface area (Å²) in [5.74, 6) is 1.08. The van der Waals surface area contributed by atoms with Gasteiger partial charge in [-0.2, -0.15) is 4.31 Å². The van der Waals surface area contributed by atoms with Crippen molar-refractivity contribution in [1.82, 2.24) is 4.31 Å². The van der Waals surface area contributed by atoms with Gasteiger partial charge in [-0.25, -0.2) is 13.2 Å². The highest BCUT2D eigenvalue weighted by Crippen LogP contribution is 2.27. The molecule has 0 aliphatic heterocycles. The maximum atomic E-state index is 12.4. The van der Waals surface area contributed by atoms with Crippen molar-refractivity contribution in [1.29, 1.82) is 0 Å². The van der Waals surface area contributed by atoms with Gasteiger partial charge >= 0.3 is 5.97 Å². The van der Waals surface area contributed by atoms with Crippen molar-refractivity contribution in [3.8, 4) is 18.1 Å². The van der Waals surface area contributed by atoms with Crippen LogP contribution in [0.5, 0.6) is 5.75 Å². The Hall–Kier alpha value is -2.04. The van der Waals surface area contributed by atoms with Crippen LogP contribution in [0.1, 0.15) is 17.3 Å². The van der Waals surface area contributed by atoms with Crippen LogP contribution in [-0.2, 0) is 10.0 Å². The molecule has 1 aromatic carbocycles. The molecule has 1 rings (SSSR count). The summed E-state index contributed by atoms with van der Waals surface area (Å²) in [6, 6.07) is 3.58. The van der Waals surface area contributed by atoms with E-state index in [0.717, 1.165) is 4.31 Å². The lowest BCUT2D eigenvalue weighted by molar-refractivity contribution is 0.0696. The molecule has 0 saturated carbocycles. The number of nitrogens with zero attached hydrogens (tertiary/aromatic N) is 1. The first kappa shape index (κ1) is 16.0. The molecule has 1 N–H and O–H groups in total. The van der Waals surface area contributed by atoms with Gasteiger partial charge in [-0.1, -0.05) is 12.8 Å². The number of ether oxygens (including phenoxy) is 1. The zero-order valence-electron chi connectivity index (χ0n) is 11.2. The number of carbonyl (C=O) groups is 1. The third kappa shape index (κ3) is 3.10. The SMILES string of the molecule is C#CCN(CC)S(=O)(=O)c1ccc(C(=O)O)cc1OC. The van der Waals surface area contributed by atoms with Gasteiger partial charge < -0.3 is 9.84 Å². The number of carboxylic acids is 1. The fourth-order valence-corrected chi connectivity index (χ4v) is 3.12. The second-order valence-electron chi connectivity index (χ2n) is 3.81. The molecule has 1 aromatic rings. The van der Waals surface area contributed by atoms with E-state index < -0.39 is 16.0 Å². The summed E-state index contributed by atoms with van der Waals surface area (Å²) in [4.78, 5) is 10.8. The number of aromatic carboxylic acids is 1. The van der Waals surface area contributed by atoms with E-state index in [1.165, 1.54) is 25.3 Å². The lowest BCUT2D eigenvalue weighted by Crippen LogP contribution is -2.31. The molecule has 0 bridgehead atoms. The molecule has 0 spiro atoms. The molecule has 20 heavy (non-hydrogen) atoms. The maximum Gasteiger partial charge on any atom is 0.335 e. The number of benzene rings is 1. The van der Waals surface area contributed by atoms with E-state index in [9.17, 15) is 13.2 Å². The Kier molecular flexibility index (Phi) is 5.13. The number of hydrogen-bond acceptors (Lipinski definition) is 4. The number of methoxy groups -OCH3 is 1. The van der Waals surface area contributed by atoms with Gasteiger partial charge in [-0.15, -0.1) is 6.42 Å². The molecule has 0 amide bonds. The van der Waals surface area contributed by atoms with E-state index in [0.29, 0.717) is 0 Å². The molecule has 108 valence electrons. The number of rotatable bonds is 6. The first-order valence-electron chi connectivity index (χ1n) is 5.73. The highest BCUT2D eigenvalue weighted by Gasteiger charge is 2.26. The van der Waals surface area contributed by atoms with E-state index in [2.05, 4.69) is 5.92 Å². The van der Waals surface area contributed by atoms with Crippen LogP contribution in [0.25, 0.3) is 0 Å². The summed E-state index contributed by atoms with van der Waals surface area (Å²) < 4.78 is 30.9. The highest BCUT2D eigenvalue weighted by atomic mass is 32.2. The Morgan fingerprint density at radius 3 is 2.60 bits per heavy atom. The Balaban J connectivity index is 3.38. The normalized spacial score (nSPS) is 11.1. The molecule has 0 fully saturated rings. The topological polar surface area (TPSA) is 83.9 Å². The summed E-state index contributed by atoms with van der Waals surface area (Å²) in [6.45, 7) is 1.80. The number of terminal acetylenes is 1. The molecular formula is C13H15NO5S. The molecule has 0 unspecified atom stereocenters. The second-order valence-corrected chi connectivity index (χ2v) is 5.71. The van der Waals surface area contributed by atoms with Crippen LogP contribution in [0.15, 0.2) is 23.1 Å². The number of sulfonamides is 1. The monoisotopic (exact) mass is 297 g/mol. The Morgan fingerprint density at radius 1 is 1.50 bits per heavy atom. The average Bonchev–Trinajstić information content (AvgIpc) is 2.43. The molecule has 0 saturated heterocycles. The van der Waals surface area contributed by atoms with Crippen LogP contribution in [0, 0.1) is 12.3 Å². The number of hydrogen-bond donors (Lipinski definition) is 1. The first-order valence-corrected chi connectivity index (χ1v) is 7.17. The van der Waals surface area contributed by atoms with Crippen molar-refractivity contribution in [3.05, 3.63) is 23.8 Å². The van der Waals surface area contributed by atoms with Crippen LogP contribution >= 0.6 is 0 Å². The van der Waals surface area contributed by atoms with E-state index in [4.69, 9.17) is 16.3 Å². The molecular weight excluding hydrogens is 282 g/mol. The minimum Gasteiger partial charge on any atom is -0.495 e. The van der Waals surface area contributed by atoms with Crippen LogP contribution in [-0.4, -0.2) is 44.0 Å². The van der Waals surface area contributed by atoms with Gasteiger partial charge in [0.1, 0.15) is 10.6 Å². The molecule has 7 heteroatoms. The van der Waals surface area contributed by atoms with Gasteiger partial charge in [0.15, 0.2) is 0 Å². The smallest absolute Gasteiger partial charge is 0.335 e. The van der Waals surface area contributed by atoms with E-state index in [-0.39, 0.29) is 29.3 Å². The fourth-order valence-electron chi connectivity index (χ4n) is 1.62. The molecule has 0 aliphatic rings. The van der Waals surface area contributed by atoms with Crippen molar-refractivity contribution in [2.45, 2.75) is 11.8 Å². The zero-order chi connectivity index (χ0) is 15.3. The molecule has 0 aromatic heterocycles. The van der Waals surface area contributed by atoms with Crippen molar-refractivity contribution in [3.63, 3.8) is 0 Å². The van der Waals surface area contributed by atoms with Gasteiger partial charge in [0.25, 0.3) is 0 Å². The summed E-state index contributed by atoms with van der Waals surface area (Å²) in [6.07, 6.45) is 5.15. The van der Waals surface area contributed by atoms with Gasteiger partial charge in [-0.05, 0) is 18.2 Å². The minimum atomic E-state index is -3.83. The Bertz CT molecular complexity index is 645. The zero-order valence-corrected chi connectivity index (χ0v) is 12.0. The van der Waals surface area contributed by atoms with E-state index in [1.807, 2.05) is 0 Å². The molecule has 0 heterocycles. The van der Waals surface area contributed by atoms with Crippen LogP contribution in [0.2, 0.25) is 0 Å². The minimum absolute atomic E-state index is 0.0274. The van der Waals surface area contributed by atoms with Crippen molar-refractivity contribution >= 4 is 16.0 Å². The average molecular weight is 297 g/mol. The first-order chi connectivity index (χ1) is 9.38. The third-order valence-electron chi connectivity index (χ3n) is 2.65. The molecule has 6 nitrogen and oxygen atoms in total. The largest absolute Gasteiger partial charge is 0.495 e. The number of carboxylic acid groups (broad SMARTS) is 1. The summed E-state index contributed by atoms with van der Waals surface area (Å²) in [5, 5.41) is 8.90.